The lowest BCUT2D eigenvalue weighted by Crippen LogP contribution is -2.19. The molecule has 0 spiro atoms. The van der Waals surface area contributed by atoms with E-state index < -0.39 is 0 Å². The average molecular weight is 514 g/mol. The van der Waals surface area contributed by atoms with Crippen LogP contribution in [0.5, 0.6) is 0 Å². The van der Waals surface area contributed by atoms with Gasteiger partial charge in [-0.2, -0.15) is 0 Å². The number of carbonyl (C=O) groups excluding carboxylic acids is 1. The third-order valence-corrected chi connectivity index (χ3v) is 7.21. The molecule has 1 aliphatic heterocycles. The van der Waals surface area contributed by atoms with Gasteiger partial charge in [-0.25, -0.2) is 9.97 Å². The molecule has 39 heavy (non-hydrogen) atoms. The van der Waals surface area contributed by atoms with Crippen LogP contribution in [-0.2, 0) is 6.54 Å². The van der Waals surface area contributed by atoms with Gasteiger partial charge in [0.1, 0.15) is 0 Å². The molecule has 1 aromatic heterocycles. The fourth-order valence-corrected chi connectivity index (χ4v) is 5.08. The maximum absolute atomic E-state index is 13.1. The Hall–Kier alpha value is -4.55. The summed E-state index contributed by atoms with van der Waals surface area (Å²) in [6.07, 6.45) is 2.53. The average Bonchev–Trinajstić information content (AvgIpc) is 3.48. The zero-order chi connectivity index (χ0) is 26.6. The van der Waals surface area contributed by atoms with Crippen molar-refractivity contribution in [3.8, 4) is 11.3 Å². The molecule has 194 valence electrons. The number of anilines is 3. The molecule has 5 aromatic rings. The lowest BCUT2D eigenvalue weighted by molar-refractivity contribution is 0.102. The molecule has 2 heterocycles. The normalized spacial score (nSPS) is 13.5. The monoisotopic (exact) mass is 513 g/mol. The molecule has 2 N–H and O–H groups in total. The van der Waals surface area contributed by atoms with E-state index in [2.05, 4.69) is 45.9 Å². The van der Waals surface area contributed by atoms with Crippen LogP contribution >= 0.6 is 0 Å². The number of amides is 1. The van der Waals surface area contributed by atoms with Crippen LogP contribution in [0.2, 0.25) is 0 Å². The van der Waals surface area contributed by atoms with Crippen LogP contribution in [0.25, 0.3) is 22.2 Å². The second kappa shape index (κ2) is 11.1. The maximum Gasteiger partial charge on any atom is 0.255 e. The first-order valence-electron chi connectivity index (χ1n) is 13.4. The predicted molar refractivity (Wildman–Crippen MR) is 158 cm³/mol. The van der Waals surface area contributed by atoms with Gasteiger partial charge in [0, 0.05) is 34.4 Å². The van der Waals surface area contributed by atoms with Gasteiger partial charge < -0.3 is 10.6 Å². The quantitative estimate of drug-likeness (QED) is 0.241. The van der Waals surface area contributed by atoms with Crippen molar-refractivity contribution in [1.82, 2.24) is 14.9 Å². The minimum absolute atomic E-state index is 0.128. The largest absolute Gasteiger partial charge is 0.324 e. The first-order chi connectivity index (χ1) is 19.1. The minimum Gasteiger partial charge on any atom is -0.324 e. The highest BCUT2D eigenvalue weighted by atomic mass is 16.1. The van der Waals surface area contributed by atoms with Crippen molar-refractivity contribution in [1.29, 1.82) is 0 Å². The van der Waals surface area contributed by atoms with Crippen molar-refractivity contribution in [3.05, 3.63) is 114 Å². The van der Waals surface area contributed by atoms with Crippen molar-refractivity contribution in [2.45, 2.75) is 26.3 Å². The second-order valence-electron chi connectivity index (χ2n) is 10.1. The summed E-state index contributed by atoms with van der Waals surface area (Å²) in [6, 6.07) is 31.9. The summed E-state index contributed by atoms with van der Waals surface area (Å²) in [7, 11) is 0. The van der Waals surface area contributed by atoms with Gasteiger partial charge in [-0.1, -0.05) is 60.7 Å². The minimum atomic E-state index is -0.128. The van der Waals surface area contributed by atoms with E-state index in [9.17, 15) is 4.79 Å². The summed E-state index contributed by atoms with van der Waals surface area (Å²) in [4.78, 5) is 25.1. The Morgan fingerprint density at radius 1 is 0.846 bits per heavy atom. The van der Waals surface area contributed by atoms with Crippen molar-refractivity contribution in [3.63, 3.8) is 0 Å². The Morgan fingerprint density at radius 2 is 1.59 bits per heavy atom. The Kier molecular flexibility index (Phi) is 7.02. The van der Waals surface area contributed by atoms with E-state index in [1.54, 1.807) is 0 Å². The van der Waals surface area contributed by atoms with Gasteiger partial charge >= 0.3 is 0 Å². The van der Waals surface area contributed by atoms with Gasteiger partial charge in [-0.05, 0) is 80.4 Å². The molecule has 1 aliphatic rings. The van der Waals surface area contributed by atoms with Crippen molar-refractivity contribution < 1.29 is 4.79 Å². The van der Waals surface area contributed by atoms with Crippen molar-refractivity contribution >= 4 is 34.1 Å². The van der Waals surface area contributed by atoms with Crippen LogP contribution in [0, 0.1) is 6.92 Å². The van der Waals surface area contributed by atoms with Crippen molar-refractivity contribution in [2.75, 3.05) is 23.7 Å². The molecule has 0 saturated carbocycles. The SMILES string of the molecule is Cc1ccc(CN2CCCC2)cc1NC(=O)c1ccc(Nc2nc(-c3ccccc3)c3ccccc3n2)cc1. The van der Waals surface area contributed by atoms with Crippen LogP contribution in [0.4, 0.5) is 17.3 Å². The summed E-state index contributed by atoms with van der Waals surface area (Å²) in [5.74, 6) is 0.381. The number of rotatable bonds is 7. The van der Waals surface area contributed by atoms with Gasteiger partial charge in [0.2, 0.25) is 5.95 Å². The number of aromatic nitrogens is 2. The molecule has 1 amide bonds. The zero-order valence-electron chi connectivity index (χ0n) is 22.0. The summed E-state index contributed by atoms with van der Waals surface area (Å²) in [5.41, 5.74) is 7.31. The van der Waals surface area contributed by atoms with Crippen LogP contribution in [0.3, 0.4) is 0 Å². The first kappa shape index (κ1) is 24.8. The van der Waals surface area contributed by atoms with Gasteiger partial charge in [0.15, 0.2) is 0 Å². The van der Waals surface area contributed by atoms with E-state index in [1.807, 2.05) is 73.7 Å². The topological polar surface area (TPSA) is 70.2 Å². The molecule has 6 heteroatoms. The standard InChI is InChI=1S/C33H31N5O/c1-23-13-14-24(22-38-19-7-8-20-38)21-30(23)35-32(39)26-15-17-27(18-16-26)34-33-36-29-12-6-5-11-28(29)31(37-33)25-9-3-2-4-10-25/h2-6,9-18,21H,7-8,19-20,22H2,1H3,(H,35,39)(H,34,36,37). The number of carbonyl (C=O) groups is 1. The fraction of sp³-hybridized carbons (Fsp3) is 0.182. The summed E-state index contributed by atoms with van der Waals surface area (Å²) in [6.45, 7) is 5.24. The van der Waals surface area contributed by atoms with E-state index in [1.165, 1.54) is 18.4 Å². The molecule has 0 bridgehead atoms. The summed E-state index contributed by atoms with van der Waals surface area (Å²) in [5, 5.41) is 7.42. The first-order valence-corrected chi connectivity index (χ1v) is 13.4. The molecular weight excluding hydrogens is 482 g/mol. The summed E-state index contributed by atoms with van der Waals surface area (Å²) >= 11 is 0. The molecule has 0 unspecified atom stereocenters. The molecule has 6 rings (SSSR count). The molecule has 0 atom stereocenters. The fourth-order valence-electron chi connectivity index (χ4n) is 5.08. The maximum atomic E-state index is 13.1. The van der Waals surface area contributed by atoms with E-state index in [0.717, 1.165) is 58.7 Å². The van der Waals surface area contributed by atoms with E-state index in [0.29, 0.717) is 11.5 Å². The number of hydrogen-bond acceptors (Lipinski definition) is 5. The number of fused-ring (bicyclic) bond motifs is 1. The van der Waals surface area contributed by atoms with Gasteiger partial charge in [-0.15, -0.1) is 0 Å². The molecule has 1 fully saturated rings. The molecule has 0 aliphatic carbocycles. The third-order valence-electron chi connectivity index (χ3n) is 7.21. The van der Waals surface area contributed by atoms with Gasteiger partial charge in [0.25, 0.3) is 5.91 Å². The van der Waals surface area contributed by atoms with Crippen LogP contribution in [0.15, 0.2) is 97.1 Å². The number of para-hydroxylation sites is 1. The Morgan fingerprint density at radius 3 is 2.38 bits per heavy atom. The Labute approximate surface area is 228 Å². The molecular formula is C33H31N5O. The zero-order valence-corrected chi connectivity index (χ0v) is 22.0. The molecule has 1 saturated heterocycles. The van der Waals surface area contributed by atoms with Gasteiger partial charge in [0.05, 0.1) is 11.2 Å². The lowest BCUT2D eigenvalue weighted by atomic mass is 10.1. The van der Waals surface area contributed by atoms with Crippen LogP contribution in [-0.4, -0.2) is 33.9 Å². The number of benzene rings is 4. The smallest absolute Gasteiger partial charge is 0.255 e. The van der Waals surface area contributed by atoms with E-state index in [4.69, 9.17) is 9.97 Å². The Balaban J connectivity index is 1.18. The van der Waals surface area contributed by atoms with E-state index >= 15 is 0 Å². The highest BCUT2D eigenvalue weighted by Gasteiger charge is 2.14. The number of hydrogen-bond donors (Lipinski definition) is 2. The molecule has 4 aromatic carbocycles. The molecule has 6 nitrogen and oxygen atoms in total. The summed E-state index contributed by atoms with van der Waals surface area (Å²) < 4.78 is 0. The molecule has 0 radical (unpaired) electrons. The number of aryl methyl sites for hydroxylation is 1. The number of likely N-dealkylation sites (tertiary alicyclic amines) is 1. The van der Waals surface area contributed by atoms with Crippen molar-refractivity contribution in [2.24, 2.45) is 0 Å². The predicted octanol–water partition coefficient (Wildman–Crippen LogP) is 7.20. The van der Waals surface area contributed by atoms with Crippen LogP contribution < -0.4 is 10.6 Å². The third kappa shape index (κ3) is 5.66. The highest BCUT2D eigenvalue weighted by molar-refractivity contribution is 6.05. The number of nitrogens with zero attached hydrogens (tertiary/aromatic N) is 3. The second-order valence-corrected chi connectivity index (χ2v) is 10.1. The van der Waals surface area contributed by atoms with Crippen LogP contribution in [0.1, 0.15) is 34.3 Å². The Bertz CT molecular complexity index is 1610. The lowest BCUT2D eigenvalue weighted by Gasteiger charge is -2.16. The highest BCUT2D eigenvalue weighted by Crippen LogP contribution is 2.28. The van der Waals surface area contributed by atoms with Gasteiger partial charge in [-0.3, -0.25) is 9.69 Å². The van der Waals surface area contributed by atoms with E-state index in [-0.39, 0.29) is 5.91 Å². The number of nitrogens with one attached hydrogen (secondary N) is 2.